The van der Waals surface area contributed by atoms with Crippen LogP contribution in [0.4, 0.5) is 0 Å². The number of rotatable bonds is 7. The number of nitrogens with zero attached hydrogens (tertiary/aromatic N) is 1. The minimum Gasteiger partial charge on any atom is -0.489 e. The highest BCUT2D eigenvalue weighted by atomic mass is 16.5. The Hall–Kier alpha value is -2.81. The number of benzene rings is 2. The predicted molar refractivity (Wildman–Crippen MR) is 101 cm³/mol. The summed E-state index contributed by atoms with van der Waals surface area (Å²) in [7, 11) is 0. The van der Waals surface area contributed by atoms with Crippen molar-refractivity contribution in [1.29, 1.82) is 0 Å². The molecule has 128 valence electrons. The Bertz CT molecular complexity index is 851. The smallest absolute Gasteiger partial charge is 0.254 e. The maximum atomic E-state index is 12.3. The van der Waals surface area contributed by atoms with Crippen LogP contribution in [0, 0.1) is 0 Å². The van der Waals surface area contributed by atoms with Crippen LogP contribution in [0.15, 0.2) is 77.7 Å². The second-order valence-corrected chi connectivity index (χ2v) is 6.09. The molecule has 3 nitrogen and oxygen atoms in total. The van der Waals surface area contributed by atoms with Crippen LogP contribution in [0.2, 0.25) is 0 Å². The molecule has 25 heavy (non-hydrogen) atoms. The molecule has 2 aromatic carbocycles. The molecule has 0 radical (unpaired) electrons. The van der Waals surface area contributed by atoms with Gasteiger partial charge in [0.05, 0.1) is 0 Å². The molecule has 0 fully saturated rings. The van der Waals surface area contributed by atoms with Gasteiger partial charge in [0.2, 0.25) is 0 Å². The summed E-state index contributed by atoms with van der Waals surface area (Å²) in [5, 5.41) is 0. The van der Waals surface area contributed by atoms with Crippen LogP contribution in [0.25, 0.3) is 0 Å². The fraction of sp³-hybridized carbons (Fsp3) is 0.227. The molecule has 0 spiro atoms. The zero-order valence-electron chi connectivity index (χ0n) is 14.5. The van der Waals surface area contributed by atoms with Gasteiger partial charge >= 0.3 is 0 Å². The second-order valence-electron chi connectivity index (χ2n) is 6.09. The summed E-state index contributed by atoms with van der Waals surface area (Å²) >= 11 is 0. The molecule has 3 rings (SSSR count). The highest BCUT2D eigenvalue weighted by Gasteiger charge is 2.02. The van der Waals surface area contributed by atoms with Crippen LogP contribution in [-0.2, 0) is 26.0 Å². The average molecular weight is 333 g/mol. The normalized spacial score (nSPS) is 10.6. The van der Waals surface area contributed by atoms with Gasteiger partial charge in [-0.1, -0.05) is 61.5 Å². The molecule has 0 aliphatic carbocycles. The maximum absolute atomic E-state index is 12.3. The van der Waals surface area contributed by atoms with E-state index in [0.717, 1.165) is 18.4 Å². The Morgan fingerprint density at radius 3 is 2.28 bits per heavy atom. The van der Waals surface area contributed by atoms with Gasteiger partial charge in [0.15, 0.2) is 0 Å². The van der Waals surface area contributed by atoms with Crippen molar-refractivity contribution in [1.82, 2.24) is 4.57 Å². The van der Waals surface area contributed by atoms with Crippen molar-refractivity contribution in [2.24, 2.45) is 0 Å². The van der Waals surface area contributed by atoms with E-state index in [-0.39, 0.29) is 5.56 Å². The van der Waals surface area contributed by atoms with Crippen molar-refractivity contribution in [3.8, 4) is 5.75 Å². The molecule has 0 aliphatic heterocycles. The number of ether oxygens (including phenoxy) is 1. The molecule has 0 saturated heterocycles. The van der Waals surface area contributed by atoms with Gasteiger partial charge in [0, 0.05) is 18.8 Å². The summed E-state index contributed by atoms with van der Waals surface area (Å²) in [5.41, 5.74) is 3.63. The second kappa shape index (κ2) is 8.34. The van der Waals surface area contributed by atoms with E-state index in [4.69, 9.17) is 4.74 Å². The first kappa shape index (κ1) is 17.0. The number of pyridine rings is 1. The Labute approximate surface area is 148 Å². The number of aryl methyl sites for hydroxylation is 3. The van der Waals surface area contributed by atoms with E-state index in [0.29, 0.717) is 18.9 Å². The van der Waals surface area contributed by atoms with E-state index in [2.05, 4.69) is 31.2 Å². The fourth-order valence-electron chi connectivity index (χ4n) is 2.70. The number of aromatic nitrogens is 1. The average Bonchev–Trinajstić information content (AvgIpc) is 2.67. The van der Waals surface area contributed by atoms with Gasteiger partial charge in [-0.05, 0) is 35.6 Å². The van der Waals surface area contributed by atoms with Crippen LogP contribution in [0.1, 0.15) is 23.6 Å². The summed E-state index contributed by atoms with van der Waals surface area (Å²) in [6.45, 7) is 3.29. The zero-order valence-corrected chi connectivity index (χ0v) is 14.5. The molecule has 0 aliphatic rings. The van der Waals surface area contributed by atoms with E-state index >= 15 is 0 Å². The molecule has 0 N–H and O–H groups in total. The fourth-order valence-corrected chi connectivity index (χ4v) is 2.70. The minimum absolute atomic E-state index is 0.0317. The Kier molecular flexibility index (Phi) is 5.68. The summed E-state index contributed by atoms with van der Waals surface area (Å²) in [6.07, 6.45) is 3.70. The molecule has 0 saturated carbocycles. The third-order valence-corrected chi connectivity index (χ3v) is 4.29. The lowest BCUT2D eigenvalue weighted by atomic mass is 10.1. The Morgan fingerprint density at radius 2 is 1.60 bits per heavy atom. The van der Waals surface area contributed by atoms with Gasteiger partial charge in [-0.15, -0.1) is 0 Å². The van der Waals surface area contributed by atoms with Crippen LogP contribution in [0.3, 0.4) is 0 Å². The van der Waals surface area contributed by atoms with Crippen LogP contribution >= 0.6 is 0 Å². The van der Waals surface area contributed by atoms with E-state index in [1.165, 1.54) is 11.1 Å². The molecule has 1 aromatic heterocycles. The standard InChI is InChI=1S/C22H23NO2/c1-2-18-8-10-19(11-9-18)12-14-23-15-13-21(16-22(23)24)25-17-20-6-4-3-5-7-20/h3-11,13,15-16H,2,12,14,17H2,1H3. The van der Waals surface area contributed by atoms with Crippen LogP contribution in [-0.4, -0.2) is 4.57 Å². The topological polar surface area (TPSA) is 31.2 Å². The number of hydrogen-bond acceptors (Lipinski definition) is 2. The largest absolute Gasteiger partial charge is 0.489 e. The molecular formula is C22H23NO2. The van der Waals surface area contributed by atoms with Crippen molar-refractivity contribution in [3.05, 3.63) is 100.0 Å². The molecule has 0 amide bonds. The third-order valence-electron chi connectivity index (χ3n) is 4.29. The first-order valence-corrected chi connectivity index (χ1v) is 8.69. The van der Waals surface area contributed by atoms with E-state index in [1.807, 2.05) is 42.6 Å². The molecule has 0 bridgehead atoms. The van der Waals surface area contributed by atoms with E-state index in [9.17, 15) is 4.79 Å². The molecule has 3 aromatic rings. The van der Waals surface area contributed by atoms with Crippen molar-refractivity contribution in [3.63, 3.8) is 0 Å². The van der Waals surface area contributed by atoms with Crippen molar-refractivity contribution < 1.29 is 4.74 Å². The summed E-state index contributed by atoms with van der Waals surface area (Å²) < 4.78 is 7.43. The van der Waals surface area contributed by atoms with Gasteiger partial charge in [0.25, 0.3) is 5.56 Å². The quantitative estimate of drug-likeness (QED) is 0.648. The molecular weight excluding hydrogens is 310 g/mol. The van der Waals surface area contributed by atoms with E-state index < -0.39 is 0 Å². The lowest BCUT2D eigenvalue weighted by molar-refractivity contribution is 0.305. The van der Waals surface area contributed by atoms with Gasteiger partial charge in [-0.2, -0.15) is 0 Å². The first-order valence-electron chi connectivity index (χ1n) is 8.69. The van der Waals surface area contributed by atoms with E-state index in [1.54, 1.807) is 10.6 Å². The van der Waals surface area contributed by atoms with Gasteiger partial charge < -0.3 is 9.30 Å². The lowest BCUT2D eigenvalue weighted by Gasteiger charge is -2.09. The summed E-state index contributed by atoms with van der Waals surface area (Å²) in [5.74, 6) is 0.609. The molecule has 0 unspecified atom stereocenters. The summed E-state index contributed by atoms with van der Waals surface area (Å²) in [6, 6.07) is 21.9. The lowest BCUT2D eigenvalue weighted by Crippen LogP contribution is -2.19. The molecule has 1 heterocycles. The van der Waals surface area contributed by atoms with Gasteiger partial charge in [-0.25, -0.2) is 0 Å². The molecule has 0 atom stereocenters. The highest BCUT2D eigenvalue weighted by molar-refractivity contribution is 5.23. The maximum Gasteiger partial charge on any atom is 0.254 e. The monoisotopic (exact) mass is 333 g/mol. The Balaban J connectivity index is 1.58. The molecule has 3 heteroatoms. The third kappa shape index (κ3) is 4.83. The Morgan fingerprint density at radius 1 is 0.880 bits per heavy atom. The highest BCUT2D eigenvalue weighted by Crippen LogP contribution is 2.11. The van der Waals surface area contributed by atoms with Crippen molar-refractivity contribution >= 4 is 0 Å². The van der Waals surface area contributed by atoms with Crippen molar-refractivity contribution in [2.45, 2.75) is 32.9 Å². The number of hydrogen-bond donors (Lipinski definition) is 0. The van der Waals surface area contributed by atoms with Crippen molar-refractivity contribution in [2.75, 3.05) is 0 Å². The predicted octanol–water partition coefficient (Wildman–Crippen LogP) is 4.23. The summed E-state index contributed by atoms with van der Waals surface area (Å²) in [4.78, 5) is 12.3. The minimum atomic E-state index is -0.0317. The first-order chi connectivity index (χ1) is 12.2. The van der Waals surface area contributed by atoms with Gasteiger partial charge in [-0.3, -0.25) is 4.79 Å². The van der Waals surface area contributed by atoms with Crippen LogP contribution in [0.5, 0.6) is 5.75 Å². The SMILES string of the molecule is CCc1ccc(CCn2ccc(OCc3ccccc3)cc2=O)cc1. The van der Waals surface area contributed by atoms with Gasteiger partial charge in [0.1, 0.15) is 12.4 Å². The van der Waals surface area contributed by atoms with Crippen LogP contribution < -0.4 is 10.3 Å². The zero-order chi connectivity index (χ0) is 17.5.